The lowest BCUT2D eigenvalue weighted by Crippen LogP contribution is -1.92. The molecule has 3 rings (SSSR count). The number of rotatable bonds is 2. The molecule has 0 aliphatic carbocycles. The summed E-state index contributed by atoms with van der Waals surface area (Å²) < 4.78 is 26.6. The summed E-state index contributed by atoms with van der Waals surface area (Å²) in [6.07, 6.45) is 1.52. The molecule has 3 aromatic rings. The summed E-state index contributed by atoms with van der Waals surface area (Å²) in [5, 5.41) is 10.1. The Labute approximate surface area is 111 Å². The van der Waals surface area contributed by atoms with Gasteiger partial charge in [0.15, 0.2) is 17.5 Å². The fourth-order valence-corrected chi connectivity index (χ4v) is 1.82. The average molecular weight is 281 g/mol. The maximum Gasteiger partial charge on any atom is 0.184 e. The van der Waals surface area contributed by atoms with Gasteiger partial charge in [-0.05, 0) is 24.3 Å². The molecule has 0 saturated carbocycles. The van der Waals surface area contributed by atoms with E-state index in [9.17, 15) is 8.78 Å². The fourth-order valence-electron chi connectivity index (χ4n) is 1.71. The summed E-state index contributed by atoms with van der Waals surface area (Å²) in [6, 6.07) is 5.82. The molecule has 1 aromatic carbocycles. The van der Waals surface area contributed by atoms with Crippen molar-refractivity contribution in [1.29, 1.82) is 0 Å². The number of anilines is 2. The van der Waals surface area contributed by atoms with Crippen LogP contribution in [0.5, 0.6) is 0 Å². The molecule has 0 spiro atoms. The second-order valence-corrected chi connectivity index (χ2v) is 4.24. The van der Waals surface area contributed by atoms with Gasteiger partial charge in [0.1, 0.15) is 10.7 Å². The van der Waals surface area contributed by atoms with Crippen LogP contribution in [0.25, 0.3) is 10.9 Å². The van der Waals surface area contributed by atoms with Crippen molar-refractivity contribution in [1.82, 2.24) is 15.2 Å². The molecule has 7 heteroatoms. The van der Waals surface area contributed by atoms with E-state index in [0.29, 0.717) is 22.0 Å². The van der Waals surface area contributed by atoms with Gasteiger partial charge in [-0.15, -0.1) is 0 Å². The molecule has 0 aliphatic heterocycles. The van der Waals surface area contributed by atoms with Gasteiger partial charge in [-0.25, -0.2) is 13.8 Å². The van der Waals surface area contributed by atoms with Crippen LogP contribution in [0.3, 0.4) is 0 Å². The predicted octanol–water partition coefficient (Wildman–Crippen LogP) is 3.63. The summed E-state index contributed by atoms with van der Waals surface area (Å²) in [5.74, 6) is -1.49. The molecule has 2 N–H and O–H groups in total. The summed E-state index contributed by atoms with van der Waals surface area (Å²) in [5.41, 5.74) is 0.659. The maximum absolute atomic E-state index is 13.5. The Balaban J connectivity index is 2.02. The first-order chi connectivity index (χ1) is 9.15. The summed E-state index contributed by atoms with van der Waals surface area (Å²) in [7, 11) is 0. The smallest absolute Gasteiger partial charge is 0.184 e. The van der Waals surface area contributed by atoms with Crippen LogP contribution in [-0.4, -0.2) is 15.2 Å². The fraction of sp³-hybridized carbons (Fsp3) is 0. The lowest BCUT2D eigenvalue weighted by Gasteiger charge is -2.02. The van der Waals surface area contributed by atoms with Gasteiger partial charge in [0, 0.05) is 5.39 Å². The van der Waals surface area contributed by atoms with E-state index < -0.39 is 11.6 Å². The molecule has 96 valence electrons. The van der Waals surface area contributed by atoms with Crippen LogP contribution < -0.4 is 5.32 Å². The highest BCUT2D eigenvalue weighted by atomic mass is 35.5. The van der Waals surface area contributed by atoms with Gasteiger partial charge in [0.05, 0.1) is 11.9 Å². The molecule has 2 heterocycles. The molecule has 2 aromatic heterocycles. The summed E-state index contributed by atoms with van der Waals surface area (Å²) in [6.45, 7) is 0. The van der Waals surface area contributed by atoms with Crippen molar-refractivity contribution in [2.24, 2.45) is 0 Å². The third kappa shape index (κ3) is 2.10. The van der Waals surface area contributed by atoms with Gasteiger partial charge < -0.3 is 5.32 Å². The molecule has 19 heavy (non-hydrogen) atoms. The van der Waals surface area contributed by atoms with E-state index in [1.807, 2.05) is 0 Å². The molecular weight excluding hydrogens is 274 g/mol. The number of hydrogen-bond acceptors (Lipinski definition) is 3. The SMILES string of the molecule is Fc1ccc2c(Nc3ccc(Cl)nc3)n[nH]c2c1F. The molecule has 0 saturated heterocycles. The highest BCUT2D eigenvalue weighted by Crippen LogP contribution is 2.26. The first kappa shape index (κ1) is 11.9. The van der Waals surface area contributed by atoms with Crippen molar-refractivity contribution >= 4 is 34.0 Å². The Hall–Kier alpha value is -2.21. The minimum Gasteiger partial charge on any atom is -0.337 e. The molecule has 0 unspecified atom stereocenters. The average Bonchev–Trinajstić information content (AvgIpc) is 2.80. The number of aromatic nitrogens is 3. The van der Waals surface area contributed by atoms with Gasteiger partial charge in [-0.1, -0.05) is 11.6 Å². The predicted molar refractivity (Wildman–Crippen MR) is 68.5 cm³/mol. The lowest BCUT2D eigenvalue weighted by atomic mass is 10.2. The Bertz CT molecular complexity index is 739. The van der Waals surface area contributed by atoms with E-state index in [4.69, 9.17) is 11.6 Å². The number of halogens is 3. The number of hydrogen-bond donors (Lipinski definition) is 2. The van der Waals surface area contributed by atoms with Crippen molar-refractivity contribution in [3.8, 4) is 0 Å². The second kappa shape index (κ2) is 4.47. The molecule has 0 fully saturated rings. The highest BCUT2D eigenvalue weighted by molar-refractivity contribution is 6.29. The van der Waals surface area contributed by atoms with E-state index >= 15 is 0 Å². The van der Waals surface area contributed by atoms with Crippen LogP contribution in [-0.2, 0) is 0 Å². The van der Waals surface area contributed by atoms with E-state index in [1.54, 1.807) is 12.1 Å². The number of nitrogens with zero attached hydrogens (tertiary/aromatic N) is 2. The van der Waals surface area contributed by atoms with Gasteiger partial charge in [0.25, 0.3) is 0 Å². The first-order valence-corrected chi connectivity index (χ1v) is 5.73. The number of H-pyrrole nitrogens is 1. The van der Waals surface area contributed by atoms with Crippen LogP contribution in [0.4, 0.5) is 20.3 Å². The minimum atomic E-state index is -0.952. The Morgan fingerprint density at radius 3 is 2.74 bits per heavy atom. The summed E-state index contributed by atoms with van der Waals surface area (Å²) >= 11 is 5.67. The van der Waals surface area contributed by atoms with E-state index in [0.717, 1.165) is 6.07 Å². The van der Waals surface area contributed by atoms with Gasteiger partial charge >= 0.3 is 0 Å². The van der Waals surface area contributed by atoms with Crippen molar-refractivity contribution in [3.63, 3.8) is 0 Å². The van der Waals surface area contributed by atoms with Crippen LogP contribution in [0, 0.1) is 11.6 Å². The zero-order valence-corrected chi connectivity index (χ0v) is 10.2. The monoisotopic (exact) mass is 280 g/mol. The lowest BCUT2D eigenvalue weighted by molar-refractivity contribution is 0.515. The third-order valence-electron chi connectivity index (χ3n) is 2.62. The zero-order valence-electron chi connectivity index (χ0n) is 9.42. The van der Waals surface area contributed by atoms with Crippen LogP contribution in [0.2, 0.25) is 5.15 Å². The molecule has 0 amide bonds. The molecule has 4 nitrogen and oxygen atoms in total. The standard InChI is InChI=1S/C12H7ClF2N4/c13-9-4-1-6(5-16-9)17-12-7-2-3-8(14)10(15)11(7)18-19-12/h1-5H,(H2,17,18,19). The second-order valence-electron chi connectivity index (χ2n) is 3.85. The Morgan fingerprint density at radius 1 is 1.16 bits per heavy atom. The number of nitrogens with one attached hydrogen (secondary N) is 2. The van der Waals surface area contributed by atoms with Crippen LogP contribution in [0.1, 0.15) is 0 Å². The van der Waals surface area contributed by atoms with E-state index in [-0.39, 0.29) is 5.52 Å². The van der Waals surface area contributed by atoms with E-state index in [2.05, 4.69) is 20.5 Å². The van der Waals surface area contributed by atoms with Crippen LogP contribution in [0.15, 0.2) is 30.5 Å². The van der Waals surface area contributed by atoms with Crippen molar-refractivity contribution in [2.75, 3.05) is 5.32 Å². The van der Waals surface area contributed by atoms with Gasteiger partial charge in [-0.2, -0.15) is 5.10 Å². The zero-order chi connectivity index (χ0) is 13.4. The van der Waals surface area contributed by atoms with Gasteiger partial charge in [-0.3, -0.25) is 5.10 Å². The highest BCUT2D eigenvalue weighted by Gasteiger charge is 2.13. The number of benzene rings is 1. The van der Waals surface area contributed by atoms with Crippen LogP contribution >= 0.6 is 11.6 Å². The van der Waals surface area contributed by atoms with Gasteiger partial charge in [0.2, 0.25) is 0 Å². The molecule has 0 aliphatic rings. The quantitative estimate of drug-likeness (QED) is 0.705. The molecule has 0 radical (unpaired) electrons. The Morgan fingerprint density at radius 2 is 2.00 bits per heavy atom. The number of pyridine rings is 1. The van der Waals surface area contributed by atoms with E-state index in [1.165, 1.54) is 12.3 Å². The minimum absolute atomic E-state index is 0.0180. The normalized spacial score (nSPS) is 10.9. The maximum atomic E-state index is 13.5. The number of aromatic amines is 1. The Kier molecular flexibility index (Phi) is 2.79. The molecular formula is C12H7ClF2N4. The third-order valence-corrected chi connectivity index (χ3v) is 2.84. The van der Waals surface area contributed by atoms with Crippen molar-refractivity contribution < 1.29 is 8.78 Å². The first-order valence-electron chi connectivity index (χ1n) is 5.36. The largest absolute Gasteiger partial charge is 0.337 e. The molecule has 0 atom stereocenters. The number of fused-ring (bicyclic) bond motifs is 1. The molecule has 0 bridgehead atoms. The van der Waals surface area contributed by atoms with Crippen molar-refractivity contribution in [3.05, 3.63) is 47.2 Å². The summed E-state index contributed by atoms with van der Waals surface area (Å²) in [4.78, 5) is 3.90. The topological polar surface area (TPSA) is 53.6 Å². The van der Waals surface area contributed by atoms with Crippen molar-refractivity contribution in [2.45, 2.75) is 0 Å².